The zero-order valence-electron chi connectivity index (χ0n) is 11.7. The predicted molar refractivity (Wildman–Crippen MR) is 69.4 cm³/mol. The Morgan fingerprint density at radius 3 is 2.17 bits per heavy atom. The Morgan fingerprint density at radius 1 is 1.28 bits per heavy atom. The highest BCUT2D eigenvalue weighted by Gasteiger charge is 2.30. The van der Waals surface area contributed by atoms with Gasteiger partial charge in [0.1, 0.15) is 6.04 Å². The van der Waals surface area contributed by atoms with Gasteiger partial charge in [0, 0.05) is 13.1 Å². The maximum Gasteiger partial charge on any atom is 0.325 e. The first kappa shape index (κ1) is 14.8. The SMILES string of the molecule is C[C@@H](NC(=O)N1CCC(C(C)(C)C)CC1)C(=O)O. The Labute approximate surface area is 109 Å². The number of rotatable bonds is 2. The standard InChI is InChI=1S/C13H24N2O3/c1-9(11(16)17)14-12(18)15-7-5-10(6-8-15)13(2,3)4/h9-10H,5-8H2,1-4H3,(H,14,18)(H,16,17)/t9-/m1/s1. The van der Waals surface area contributed by atoms with Crippen LogP contribution in [0.25, 0.3) is 0 Å². The van der Waals surface area contributed by atoms with Gasteiger partial charge in [-0.15, -0.1) is 0 Å². The van der Waals surface area contributed by atoms with E-state index in [-0.39, 0.29) is 11.4 Å². The number of aliphatic carboxylic acids is 1. The minimum absolute atomic E-state index is 0.266. The molecule has 1 rings (SSSR count). The summed E-state index contributed by atoms with van der Waals surface area (Å²) < 4.78 is 0. The Hall–Kier alpha value is -1.26. The van der Waals surface area contributed by atoms with Gasteiger partial charge in [-0.05, 0) is 31.1 Å². The van der Waals surface area contributed by atoms with E-state index in [1.54, 1.807) is 4.90 Å². The number of hydrogen-bond donors (Lipinski definition) is 2. The van der Waals surface area contributed by atoms with E-state index in [2.05, 4.69) is 26.1 Å². The second kappa shape index (κ2) is 5.59. The van der Waals surface area contributed by atoms with Crippen LogP contribution in [0, 0.1) is 11.3 Å². The first-order valence-electron chi connectivity index (χ1n) is 6.50. The Balaban J connectivity index is 2.43. The highest BCUT2D eigenvalue weighted by molar-refractivity contribution is 5.82. The molecule has 1 atom stereocenters. The van der Waals surface area contributed by atoms with Crippen molar-refractivity contribution in [2.75, 3.05) is 13.1 Å². The van der Waals surface area contributed by atoms with Crippen LogP contribution in [0.1, 0.15) is 40.5 Å². The number of piperidine rings is 1. The molecule has 1 saturated heterocycles. The predicted octanol–water partition coefficient (Wildman–Crippen LogP) is 1.93. The monoisotopic (exact) mass is 256 g/mol. The molecule has 0 radical (unpaired) electrons. The van der Waals surface area contributed by atoms with Crippen molar-refractivity contribution in [3.63, 3.8) is 0 Å². The summed E-state index contributed by atoms with van der Waals surface area (Å²) in [6.07, 6.45) is 1.97. The number of nitrogens with zero attached hydrogens (tertiary/aromatic N) is 1. The highest BCUT2D eigenvalue weighted by atomic mass is 16.4. The van der Waals surface area contributed by atoms with E-state index in [1.165, 1.54) is 6.92 Å². The van der Waals surface area contributed by atoms with Gasteiger partial charge >= 0.3 is 12.0 Å². The van der Waals surface area contributed by atoms with Gasteiger partial charge in [0.05, 0.1) is 0 Å². The number of carboxylic acids is 1. The summed E-state index contributed by atoms with van der Waals surface area (Å²) in [5, 5.41) is 11.2. The molecule has 0 aromatic carbocycles. The first-order valence-corrected chi connectivity index (χ1v) is 6.50. The van der Waals surface area contributed by atoms with Crippen molar-refractivity contribution < 1.29 is 14.7 Å². The van der Waals surface area contributed by atoms with E-state index >= 15 is 0 Å². The maximum absolute atomic E-state index is 11.8. The van der Waals surface area contributed by atoms with Crippen LogP contribution in [0.3, 0.4) is 0 Å². The number of urea groups is 1. The number of carbonyl (C=O) groups excluding carboxylic acids is 1. The summed E-state index contributed by atoms with van der Waals surface area (Å²) >= 11 is 0. The second-order valence-corrected chi connectivity index (χ2v) is 6.14. The molecule has 0 spiro atoms. The first-order chi connectivity index (χ1) is 8.21. The third-order valence-corrected chi connectivity index (χ3v) is 3.72. The molecule has 0 bridgehead atoms. The number of carbonyl (C=O) groups is 2. The zero-order valence-corrected chi connectivity index (χ0v) is 11.7. The van der Waals surface area contributed by atoms with Gasteiger partial charge in [0.15, 0.2) is 0 Å². The summed E-state index contributed by atoms with van der Waals surface area (Å²) in [6, 6.07) is -1.10. The van der Waals surface area contributed by atoms with E-state index < -0.39 is 12.0 Å². The quantitative estimate of drug-likeness (QED) is 0.793. The molecule has 0 aromatic rings. The van der Waals surface area contributed by atoms with Crippen LogP contribution < -0.4 is 5.32 Å². The van der Waals surface area contributed by atoms with Crippen LogP contribution in [-0.2, 0) is 4.79 Å². The van der Waals surface area contributed by atoms with Crippen LogP contribution in [0.15, 0.2) is 0 Å². The third kappa shape index (κ3) is 3.89. The van der Waals surface area contributed by atoms with Gasteiger partial charge in [-0.2, -0.15) is 0 Å². The molecular weight excluding hydrogens is 232 g/mol. The van der Waals surface area contributed by atoms with Gasteiger partial charge in [-0.1, -0.05) is 20.8 Å². The summed E-state index contributed by atoms with van der Waals surface area (Å²) in [6.45, 7) is 9.56. The average molecular weight is 256 g/mol. The van der Waals surface area contributed by atoms with Crippen molar-refractivity contribution in [1.29, 1.82) is 0 Å². The molecule has 5 nitrogen and oxygen atoms in total. The number of likely N-dealkylation sites (tertiary alicyclic amines) is 1. The van der Waals surface area contributed by atoms with Crippen molar-refractivity contribution >= 4 is 12.0 Å². The minimum Gasteiger partial charge on any atom is -0.480 e. The van der Waals surface area contributed by atoms with Crippen LogP contribution in [0.5, 0.6) is 0 Å². The fourth-order valence-corrected chi connectivity index (χ4v) is 2.29. The van der Waals surface area contributed by atoms with Gasteiger partial charge < -0.3 is 15.3 Å². The molecule has 2 amide bonds. The van der Waals surface area contributed by atoms with Gasteiger partial charge in [-0.25, -0.2) is 4.79 Å². The Morgan fingerprint density at radius 2 is 1.78 bits per heavy atom. The molecule has 0 unspecified atom stereocenters. The number of hydrogen-bond acceptors (Lipinski definition) is 2. The lowest BCUT2D eigenvalue weighted by Crippen LogP contribution is -2.50. The molecule has 0 aliphatic carbocycles. The molecule has 1 heterocycles. The number of nitrogens with one attached hydrogen (secondary N) is 1. The van der Waals surface area contributed by atoms with Crippen LogP contribution >= 0.6 is 0 Å². The van der Waals surface area contributed by atoms with Crippen molar-refractivity contribution in [2.45, 2.75) is 46.6 Å². The van der Waals surface area contributed by atoms with E-state index in [9.17, 15) is 9.59 Å². The fraction of sp³-hybridized carbons (Fsp3) is 0.846. The van der Waals surface area contributed by atoms with Crippen molar-refractivity contribution in [1.82, 2.24) is 10.2 Å². The lowest BCUT2D eigenvalue weighted by atomic mass is 9.75. The van der Waals surface area contributed by atoms with Crippen LogP contribution in [0.2, 0.25) is 0 Å². The number of carboxylic acid groups (broad SMARTS) is 1. The smallest absolute Gasteiger partial charge is 0.325 e. The van der Waals surface area contributed by atoms with Gasteiger partial charge in [0.2, 0.25) is 0 Å². The topological polar surface area (TPSA) is 69.6 Å². The molecule has 1 aliphatic rings. The zero-order chi connectivity index (χ0) is 13.9. The van der Waals surface area contributed by atoms with Crippen molar-refractivity contribution in [3.05, 3.63) is 0 Å². The summed E-state index contributed by atoms with van der Waals surface area (Å²) in [4.78, 5) is 24.2. The van der Waals surface area contributed by atoms with Crippen molar-refractivity contribution in [3.8, 4) is 0 Å². The molecule has 104 valence electrons. The van der Waals surface area contributed by atoms with E-state index in [0.717, 1.165) is 12.8 Å². The molecule has 1 aliphatic heterocycles. The fourth-order valence-electron chi connectivity index (χ4n) is 2.29. The highest BCUT2D eigenvalue weighted by Crippen LogP contribution is 2.34. The summed E-state index contributed by atoms with van der Waals surface area (Å²) in [7, 11) is 0. The summed E-state index contributed by atoms with van der Waals surface area (Å²) in [5.41, 5.74) is 0.275. The molecule has 0 saturated carbocycles. The molecule has 0 aromatic heterocycles. The minimum atomic E-state index is -1.01. The molecule has 1 fully saturated rings. The molecule has 5 heteroatoms. The summed E-state index contributed by atoms with van der Waals surface area (Å²) in [5.74, 6) is -0.383. The van der Waals surface area contributed by atoms with Crippen molar-refractivity contribution in [2.24, 2.45) is 11.3 Å². The number of amides is 2. The lowest BCUT2D eigenvalue weighted by molar-refractivity contribution is -0.138. The normalized spacial score (nSPS) is 19.4. The van der Waals surface area contributed by atoms with Gasteiger partial charge in [0.25, 0.3) is 0 Å². The molecule has 2 N–H and O–H groups in total. The Kier molecular flexibility index (Phi) is 4.59. The van der Waals surface area contributed by atoms with E-state index in [1.807, 2.05) is 0 Å². The largest absolute Gasteiger partial charge is 0.480 e. The lowest BCUT2D eigenvalue weighted by Gasteiger charge is -2.38. The molecule has 18 heavy (non-hydrogen) atoms. The second-order valence-electron chi connectivity index (χ2n) is 6.14. The van der Waals surface area contributed by atoms with Crippen LogP contribution in [0.4, 0.5) is 4.79 Å². The average Bonchev–Trinajstić information content (AvgIpc) is 2.27. The third-order valence-electron chi connectivity index (χ3n) is 3.72. The van der Waals surface area contributed by atoms with Gasteiger partial charge in [-0.3, -0.25) is 4.79 Å². The van der Waals surface area contributed by atoms with Crippen LogP contribution in [-0.4, -0.2) is 41.1 Å². The van der Waals surface area contributed by atoms with E-state index in [4.69, 9.17) is 5.11 Å². The van der Waals surface area contributed by atoms with E-state index in [0.29, 0.717) is 19.0 Å². The molecular formula is C13H24N2O3. The Bertz CT molecular complexity index is 315. The maximum atomic E-state index is 11.8.